The zero-order chi connectivity index (χ0) is 17.8. The molecular formula is C18H18N6O2. The number of hydrogen-bond acceptors (Lipinski definition) is 6. The number of benzene rings is 1. The highest BCUT2D eigenvalue weighted by Gasteiger charge is 2.14. The van der Waals surface area contributed by atoms with E-state index >= 15 is 0 Å². The van der Waals surface area contributed by atoms with Crippen molar-refractivity contribution < 1.29 is 9.53 Å². The lowest BCUT2D eigenvalue weighted by Crippen LogP contribution is -2.37. The van der Waals surface area contributed by atoms with Gasteiger partial charge in [0.1, 0.15) is 0 Å². The maximum atomic E-state index is 12.4. The van der Waals surface area contributed by atoms with Crippen molar-refractivity contribution in [2.75, 3.05) is 36.5 Å². The monoisotopic (exact) mass is 350 g/mol. The highest BCUT2D eigenvalue weighted by Crippen LogP contribution is 2.19. The summed E-state index contributed by atoms with van der Waals surface area (Å²) in [5.41, 5.74) is 2.89. The van der Waals surface area contributed by atoms with E-state index in [0.29, 0.717) is 18.9 Å². The molecule has 0 atom stereocenters. The van der Waals surface area contributed by atoms with Gasteiger partial charge in [0.15, 0.2) is 11.5 Å². The third-order valence-corrected chi connectivity index (χ3v) is 4.17. The second-order valence-electron chi connectivity index (χ2n) is 5.88. The number of nitrogens with one attached hydrogen (secondary N) is 2. The molecule has 0 bridgehead atoms. The first-order valence-corrected chi connectivity index (χ1v) is 8.37. The van der Waals surface area contributed by atoms with Crippen LogP contribution in [-0.2, 0) is 4.74 Å². The number of morpholine rings is 1. The van der Waals surface area contributed by atoms with E-state index in [1.54, 1.807) is 12.3 Å². The third-order valence-electron chi connectivity index (χ3n) is 4.17. The Kier molecular flexibility index (Phi) is 4.57. The fourth-order valence-corrected chi connectivity index (χ4v) is 2.75. The van der Waals surface area contributed by atoms with Crippen LogP contribution >= 0.6 is 0 Å². The molecule has 0 radical (unpaired) electrons. The van der Waals surface area contributed by atoms with Gasteiger partial charge in [-0.05, 0) is 35.9 Å². The topological polar surface area (TPSA) is 96.0 Å². The van der Waals surface area contributed by atoms with Crippen LogP contribution < -0.4 is 10.2 Å². The summed E-state index contributed by atoms with van der Waals surface area (Å²) in [5, 5.41) is 17.9. The molecule has 3 aromatic rings. The number of amides is 1. The number of carbonyl (C=O) groups is 1. The number of anilines is 2. The average molecular weight is 350 g/mol. The first kappa shape index (κ1) is 16.2. The Morgan fingerprint density at radius 1 is 1.04 bits per heavy atom. The Labute approximate surface area is 150 Å². The van der Waals surface area contributed by atoms with Crippen LogP contribution in [0.3, 0.4) is 0 Å². The van der Waals surface area contributed by atoms with Gasteiger partial charge in [0.05, 0.1) is 18.9 Å². The number of nitrogens with zero attached hydrogens (tertiary/aromatic N) is 4. The molecule has 1 fully saturated rings. The molecule has 1 aliphatic rings. The lowest BCUT2D eigenvalue weighted by molar-refractivity contribution is 0.102. The maximum absolute atomic E-state index is 12.4. The van der Waals surface area contributed by atoms with Crippen molar-refractivity contribution in [3.8, 4) is 11.3 Å². The van der Waals surface area contributed by atoms with Gasteiger partial charge in [-0.1, -0.05) is 12.1 Å². The quantitative estimate of drug-likeness (QED) is 0.747. The van der Waals surface area contributed by atoms with Gasteiger partial charge in [0, 0.05) is 25.0 Å². The van der Waals surface area contributed by atoms with Gasteiger partial charge in [-0.3, -0.25) is 9.89 Å². The zero-order valence-electron chi connectivity index (χ0n) is 14.1. The van der Waals surface area contributed by atoms with Gasteiger partial charge < -0.3 is 15.0 Å². The average Bonchev–Trinajstić information content (AvgIpc) is 3.24. The molecule has 26 heavy (non-hydrogen) atoms. The molecule has 2 N–H and O–H groups in total. The standard InChI is InChI=1S/C18H18N6O2/c25-18(16-5-6-17(23-22-16)24-9-11-26-12-10-24)20-14-3-1-13(2-4-14)15-7-8-19-21-15/h1-8H,9-12H2,(H,19,21)(H,20,25). The van der Waals surface area contributed by atoms with Gasteiger partial charge >= 0.3 is 0 Å². The minimum absolute atomic E-state index is 0.277. The Balaban J connectivity index is 1.41. The van der Waals surface area contributed by atoms with Gasteiger partial charge in [0.2, 0.25) is 0 Å². The number of aromatic amines is 1. The summed E-state index contributed by atoms with van der Waals surface area (Å²) in [6.45, 7) is 2.92. The zero-order valence-corrected chi connectivity index (χ0v) is 14.1. The van der Waals surface area contributed by atoms with Crippen LogP contribution in [0.15, 0.2) is 48.7 Å². The lowest BCUT2D eigenvalue weighted by Gasteiger charge is -2.27. The van der Waals surface area contributed by atoms with E-state index in [4.69, 9.17) is 4.74 Å². The van der Waals surface area contributed by atoms with Crippen molar-refractivity contribution in [3.63, 3.8) is 0 Å². The number of carbonyl (C=O) groups excluding carboxylic acids is 1. The minimum atomic E-state index is -0.291. The van der Waals surface area contributed by atoms with E-state index in [0.717, 1.165) is 30.2 Å². The minimum Gasteiger partial charge on any atom is -0.378 e. The molecule has 1 saturated heterocycles. The Hall–Kier alpha value is -3.26. The van der Waals surface area contributed by atoms with Gasteiger partial charge in [-0.15, -0.1) is 10.2 Å². The summed E-state index contributed by atoms with van der Waals surface area (Å²) in [6, 6.07) is 12.9. The van der Waals surface area contributed by atoms with Crippen LogP contribution in [-0.4, -0.2) is 52.6 Å². The van der Waals surface area contributed by atoms with Crippen molar-refractivity contribution in [2.45, 2.75) is 0 Å². The molecule has 1 aromatic carbocycles. The predicted molar refractivity (Wildman–Crippen MR) is 97.0 cm³/mol. The van der Waals surface area contributed by atoms with Crippen LogP contribution in [0.5, 0.6) is 0 Å². The molecule has 0 spiro atoms. The third kappa shape index (κ3) is 3.55. The SMILES string of the molecule is O=C(Nc1ccc(-c2ccn[nH]2)cc1)c1ccc(N2CCOCC2)nn1. The molecule has 8 heteroatoms. The van der Waals surface area contributed by atoms with Gasteiger partial charge in [0.25, 0.3) is 5.91 Å². The Bertz CT molecular complexity index is 856. The highest BCUT2D eigenvalue weighted by molar-refractivity contribution is 6.02. The summed E-state index contributed by atoms with van der Waals surface area (Å²) in [5.74, 6) is 0.467. The Morgan fingerprint density at radius 3 is 2.50 bits per heavy atom. The summed E-state index contributed by atoms with van der Waals surface area (Å²) < 4.78 is 5.32. The van der Waals surface area contributed by atoms with Crippen LogP contribution in [0.1, 0.15) is 10.5 Å². The van der Waals surface area contributed by atoms with Gasteiger partial charge in [-0.25, -0.2) is 0 Å². The number of aromatic nitrogens is 4. The molecule has 2 aromatic heterocycles. The van der Waals surface area contributed by atoms with Crippen LogP contribution in [0, 0.1) is 0 Å². The molecular weight excluding hydrogens is 332 g/mol. The molecule has 1 amide bonds. The van der Waals surface area contributed by atoms with Gasteiger partial charge in [-0.2, -0.15) is 5.10 Å². The summed E-state index contributed by atoms with van der Waals surface area (Å²) in [7, 11) is 0. The Morgan fingerprint density at radius 2 is 1.85 bits per heavy atom. The second kappa shape index (κ2) is 7.32. The van der Waals surface area contributed by atoms with E-state index in [2.05, 4.69) is 30.6 Å². The first-order chi connectivity index (χ1) is 12.8. The molecule has 0 saturated carbocycles. The largest absolute Gasteiger partial charge is 0.378 e. The van der Waals surface area contributed by atoms with Crippen molar-refractivity contribution in [2.24, 2.45) is 0 Å². The van der Waals surface area contributed by atoms with Crippen molar-refractivity contribution in [1.29, 1.82) is 0 Å². The normalized spacial score (nSPS) is 14.2. The molecule has 0 unspecified atom stereocenters. The fourth-order valence-electron chi connectivity index (χ4n) is 2.75. The van der Waals surface area contributed by atoms with E-state index in [9.17, 15) is 4.79 Å². The molecule has 0 aliphatic carbocycles. The molecule has 4 rings (SSSR count). The highest BCUT2D eigenvalue weighted by atomic mass is 16.5. The van der Waals surface area contributed by atoms with Crippen molar-refractivity contribution in [3.05, 3.63) is 54.4 Å². The molecule has 1 aliphatic heterocycles. The molecule has 132 valence electrons. The summed E-state index contributed by atoms with van der Waals surface area (Å²) >= 11 is 0. The number of H-pyrrole nitrogens is 1. The maximum Gasteiger partial charge on any atom is 0.276 e. The number of hydrogen-bond donors (Lipinski definition) is 2. The van der Waals surface area contributed by atoms with E-state index < -0.39 is 0 Å². The summed E-state index contributed by atoms with van der Waals surface area (Å²) in [4.78, 5) is 14.4. The van der Waals surface area contributed by atoms with Crippen LogP contribution in [0.4, 0.5) is 11.5 Å². The van der Waals surface area contributed by atoms with Crippen molar-refractivity contribution in [1.82, 2.24) is 20.4 Å². The second-order valence-corrected chi connectivity index (χ2v) is 5.88. The van der Waals surface area contributed by atoms with Crippen LogP contribution in [0.2, 0.25) is 0 Å². The van der Waals surface area contributed by atoms with E-state index in [-0.39, 0.29) is 11.6 Å². The van der Waals surface area contributed by atoms with Crippen molar-refractivity contribution >= 4 is 17.4 Å². The van der Waals surface area contributed by atoms with E-state index in [1.807, 2.05) is 36.4 Å². The predicted octanol–water partition coefficient (Wildman–Crippen LogP) is 1.96. The van der Waals surface area contributed by atoms with E-state index in [1.165, 1.54) is 0 Å². The fraction of sp³-hybridized carbons (Fsp3) is 0.222. The summed E-state index contributed by atoms with van der Waals surface area (Å²) in [6.07, 6.45) is 1.70. The number of ether oxygens (including phenoxy) is 1. The van der Waals surface area contributed by atoms with Crippen LogP contribution in [0.25, 0.3) is 11.3 Å². The first-order valence-electron chi connectivity index (χ1n) is 8.37. The lowest BCUT2D eigenvalue weighted by atomic mass is 10.1. The number of rotatable bonds is 4. The smallest absolute Gasteiger partial charge is 0.276 e. The molecule has 3 heterocycles. The molecule has 8 nitrogen and oxygen atoms in total.